The quantitative estimate of drug-likeness (QED) is 0.228. The zero-order chi connectivity index (χ0) is 24.8. The third-order valence-corrected chi connectivity index (χ3v) is 7.91. The molecule has 0 bridgehead atoms. The molecule has 3 aromatic rings. The van der Waals surface area contributed by atoms with Crippen molar-refractivity contribution in [1.29, 1.82) is 0 Å². The van der Waals surface area contributed by atoms with E-state index >= 15 is 0 Å². The van der Waals surface area contributed by atoms with Crippen LogP contribution in [0.15, 0.2) is 54.6 Å². The number of hydrogen-bond acceptors (Lipinski definition) is 2. The van der Waals surface area contributed by atoms with Crippen molar-refractivity contribution in [3.63, 3.8) is 0 Å². The molecule has 1 fully saturated rings. The van der Waals surface area contributed by atoms with Crippen LogP contribution in [0.2, 0.25) is 25.1 Å². The van der Waals surface area contributed by atoms with Gasteiger partial charge in [0.15, 0.2) is 5.78 Å². The van der Waals surface area contributed by atoms with Gasteiger partial charge in [-0.05, 0) is 59.7 Å². The maximum Gasteiger partial charge on any atom is 0.231 e. The molecule has 0 aliphatic heterocycles. The van der Waals surface area contributed by atoms with Crippen LogP contribution in [0.1, 0.15) is 27.4 Å². The number of ketones is 1. The predicted molar refractivity (Wildman–Crippen MR) is 142 cm³/mol. The van der Waals surface area contributed by atoms with Gasteiger partial charge in [0.1, 0.15) is 4.33 Å². The third-order valence-electron chi connectivity index (χ3n) is 5.46. The molecule has 3 aromatic carbocycles. The number of hydrogen-bond donors (Lipinski definition) is 1. The Kier molecular flexibility index (Phi) is 7.67. The summed E-state index contributed by atoms with van der Waals surface area (Å²) in [6.07, 6.45) is 0.0563. The first kappa shape index (κ1) is 25.9. The molecule has 1 amide bonds. The van der Waals surface area contributed by atoms with Crippen molar-refractivity contribution in [2.75, 3.05) is 5.32 Å². The van der Waals surface area contributed by atoms with Crippen LogP contribution in [0.4, 0.5) is 5.69 Å². The molecule has 176 valence electrons. The summed E-state index contributed by atoms with van der Waals surface area (Å²) in [5, 5.41) is 4.61. The number of anilines is 1. The molecule has 0 heterocycles. The number of nitrogens with one attached hydrogen (secondary N) is 1. The van der Waals surface area contributed by atoms with Gasteiger partial charge in [0.2, 0.25) is 5.91 Å². The summed E-state index contributed by atoms with van der Waals surface area (Å²) >= 11 is 43.2. The molecule has 1 aliphatic rings. The Balaban J connectivity index is 1.51. The van der Waals surface area contributed by atoms with E-state index in [1.54, 1.807) is 42.5 Å². The second-order valence-electron chi connectivity index (χ2n) is 7.86. The molecule has 34 heavy (non-hydrogen) atoms. The zero-order valence-corrected chi connectivity index (χ0v) is 22.3. The van der Waals surface area contributed by atoms with Crippen molar-refractivity contribution in [3.05, 3.63) is 96.4 Å². The van der Waals surface area contributed by atoms with E-state index in [1.165, 1.54) is 12.1 Å². The van der Waals surface area contributed by atoms with Crippen LogP contribution in [0.3, 0.4) is 0 Å². The standard InChI is InChI=1S/C24H14Cl7NO2/c25-13-7-12(8-14(26)9-13)21-22(24(21,30)31)23(34)32-15-2-4-17(27)16(10-15)20(33)6-11-1-3-18(28)19(29)5-11/h1-5,7-10,21-22H,6H2,(H,32,34). The molecule has 3 nitrogen and oxygen atoms in total. The summed E-state index contributed by atoms with van der Waals surface area (Å²) < 4.78 is -1.32. The van der Waals surface area contributed by atoms with Gasteiger partial charge in [-0.15, -0.1) is 23.2 Å². The second-order valence-corrected chi connectivity index (χ2v) is 11.4. The van der Waals surface area contributed by atoms with Crippen molar-refractivity contribution in [2.24, 2.45) is 5.92 Å². The minimum atomic E-state index is -1.32. The van der Waals surface area contributed by atoms with Crippen LogP contribution < -0.4 is 5.32 Å². The first-order valence-electron chi connectivity index (χ1n) is 9.88. The molecule has 0 radical (unpaired) electrons. The first-order chi connectivity index (χ1) is 16.0. The number of alkyl halides is 2. The fraction of sp³-hybridized carbons (Fsp3) is 0.167. The van der Waals surface area contributed by atoms with Crippen molar-refractivity contribution < 1.29 is 9.59 Å². The first-order valence-corrected chi connectivity index (χ1v) is 12.5. The lowest BCUT2D eigenvalue weighted by atomic mass is 10.0. The fourth-order valence-electron chi connectivity index (χ4n) is 3.79. The van der Waals surface area contributed by atoms with E-state index in [0.717, 1.165) is 0 Å². The highest BCUT2D eigenvalue weighted by molar-refractivity contribution is 6.53. The molecule has 2 atom stereocenters. The van der Waals surface area contributed by atoms with E-state index in [4.69, 9.17) is 81.2 Å². The lowest BCUT2D eigenvalue weighted by molar-refractivity contribution is -0.117. The molecule has 10 heteroatoms. The Bertz CT molecular complexity index is 1290. The van der Waals surface area contributed by atoms with Gasteiger partial charge in [-0.25, -0.2) is 0 Å². The molecule has 0 aromatic heterocycles. The molecule has 2 unspecified atom stereocenters. The zero-order valence-electron chi connectivity index (χ0n) is 17.0. The van der Waals surface area contributed by atoms with Gasteiger partial charge in [-0.1, -0.05) is 64.1 Å². The summed E-state index contributed by atoms with van der Waals surface area (Å²) in [7, 11) is 0. The average molecular weight is 597 g/mol. The molecule has 0 spiro atoms. The summed E-state index contributed by atoms with van der Waals surface area (Å²) in [6.45, 7) is 0. The Morgan fingerprint density at radius 1 is 0.794 bits per heavy atom. The number of rotatable bonds is 6. The maximum absolute atomic E-state index is 13.0. The highest BCUT2D eigenvalue weighted by Gasteiger charge is 2.67. The van der Waals surface area contributed by atoms with Gasteiger partial charge >= 0.3 is 0 Å². The predicted octanol–water partition coefficient (Wildman–Crippen LogP) is 8.90. The third kappa shape index (κ3) is 5.47. The molecule has 4 rings (SSSR count). The number of carbonyl (C=O) groups excluding carboxylic acids is 2. The molecule has 1 N–H and O–H groups in total. The lowest BCUT2D eigenvalue weighted by Crippen LogP contribution is -2.17. The lowest BCUT2D eigenvalue weighted by Gasteiger charge is -2.10. The average Bonchev–Trinajstić information content (AvgIpc) is 3.33. The number of benzene rings is 3. The highest BCUT2D eigenvalue weighted by Crippen LogP contribution is 2.65. The van der Waals surface area contributed by atoms with Gasteiger partial charge < -0.3 is 5.32 Å². The summed E-state index contributed by atoms with van der Waals surface area (Å²) in [6, 6.07) is 14.5. The topological polar surface area (TPSA) is 46.2 Å². The summed E-state index contributed by atoms with van der Waals surface area (Å²) in [5.74, 6) is -1.89. The smallest absolute Gasteiger partial charge is 0.231 e. The van der Waals surface area contributed by atoms with E-state index in [9.17, 15) is 9.59 Å². The summed E-state index contributed by atoms with van der Waals surface area (Å²) in [4.78, 5) is 25.9. The minimum Gasteiger partial charge on any atom is -0.326 e. The Morgan fingerprint density at radius 2 is 1.44 bits per heavy atom. The van der Waals surface area contributed by atoms with Crippen LogP contribution in [0, 0.1) is 5.92 Å². The van der Waals surface area contributed by atoms with Crippen molar-refractivity contribution >= 4 is 98.6 Å². The fourth-order valence-corrected chi connectivity index (χ4v) is 5.70. The largest absolute Gasteiger partial charge is 0.326 e. The van der Waals surface area contributed by atoms with Crippen molar-refractivity contribution in [3.8, 4) is 0 Å². The van der Waals surface area contributed by atoms with Crippen molar-refractivity contribution in [1.82, 2.24) is 0 Å². The van der Waals surface area contributed by atoms with E-state index < -0.39 is 22.1 Å². The van der Waals surface area contributed by atoms with Gasteiger partial charge in [0.05, 0.1) is 21.0 Å². The number of carbonyl (C=O) groups is 2. The van der Waals surface area contributed by atoms with Crippen LogP contribution >= 0.6 is 81.2 Å². The minimum absolute atomic E-state index is 0.0563. The summed E-state index contributed by atoms with van der Waals surface area (Å²) in [5.41, 5.74) is 1.98. The van der Waals surface area contributed by atoms with Crippen LogP contribution in [-0.4, -0.2) is 16.0 Å². The SMILES string of the molecule is O=C(Cc1ccc(Cl)c(Cl)c1)c1cc(NC(=O)C2C(c3cc(Cl)cc(Cl)c3)C2(Cl)Cl)ccc1Cl. The second kappa shape index (κ2) is 10.1. The molecule has 0 saturated heterocycles. The molecule has 1 aliphatic carbocycles. The number of halogens is 7. The Hall–Kier alpha value is -1.17. The monoisotopic (exact) mass is 593 g/mol. The Morgan fingerprint density at radius 3 is 2.09 bits per heavy atom. The molecule has 1 saturated carbocycles. The van der Waals surface area contributed by atoms with E-state index in [2.05, 4.69) is 5.32 Å². The molecular weight excluding hydrogens is 582 g/mol. The van der Waals surface area contributed by atoms with Crippen LogP contribution in [0.5, 0.6) is 0 Å². The van der Waals surface area contributed by atoms with E-state index in [0.29, 0.717) is 36.9 Å². The normalized spacial score (nSPS) is 18.4. The Labute approximate surface area is 231 Å². The maximum atomic E-state index is 13.0. The molecular formula is C24H14Cl7NO2. The van der Waals surface area contributed by atoms with Crippen LogP contribution in [-0.2, 0) is 11.2 Å². The van der Waals surface area contributed by atoms with E-state index in [-0.39, 0.29) is 22.8 Å². The van der Waals surface area contributed by atoms with Crippen LogP contribution in [0.25, 0.3) is 0 Å². The van der Waals surface area contributed by atoms with Gasteiger partial charge in [-0.3, -0.25) is 9.59 Å². The van der Waals surface area contributed by atoms with Gasteiger partial charge in [0.25, 0.3) is 0 Å². The number of Topliss-reactive ketones (excluding diaryl/α,β-unsaturated/α-hetero) is 1. The van der Waals surface area contributed by atoms with Crippen molar-refractivity contribution in [2.45, 2.75) is 16.7 Å². The van der Waals surface area contributed by atoms with Gasteiger partial charge in [-0.2, -0.15) is 0 Å². The number of amides is 1. The van der Waals surface area contributed by atoms with E-state index in [1.807, 2.05) is 0 Å². The highest BCUT2D eigenvalue weighted by atomic mass is 35.5. The van der Waals surface area contributed by atoms with Gasteiger partial charge in [0, 0.05) is 33.6 Å².